The van der Waals surface area contributed by atoms with Crippen molar-refractivity contribution in [2.75, 3.05) is 11.9 Å². The number of rotatable bonds is 5. The molecule has 1 unspecified atom stereocenters. The molecular weight excluding hydrogens is 397 g/mol. The van der Waals surface area contributed by atoms with E-state index in [1.165, 1.54) is 6.92 Å². The van der Waals surface area contributed by atoms with Gasteiger partial charge in [-0.25, -0.2) is 0 Å². The number of hydrogen-bond donors (Lipinski definition) is 0. The van der Waals surface area contributed by atoms with Crippen LogP contribution >= 0.6 is 12.2 Å². The average molecular weight is 410 g/mol. The van der Waals surface area contributed by atoms with Gasteiger partial charge in [-0.3, -0.25) is 29.9 Å². The second-order valence-corrected chi connectivity index (χ2v) is 5.67. The highest BCUT2D eigenvalue weighted by molar-refractivity contribution is 7.80. The van der Waals surface area contributed by atoms with Gasteiger partial charge in [0, 0.05) is 26.1 Å². The zero-order valence-corrected chi connectivity index (χ0v) is 14.9. The summed E-state index contributed by atoms with van der Waals surface area (Å²) in [6, 6.07) is 0.0642. The van der Waals surface area contributed by atoms with Crippen molar-refractivity contribution in [3.63, 3.8) is 0 Å². The minimum absolute atomic E-state index is 0.173. The highest BCUT2D eigenvalue weighted by Gasteiger charge is 2.49. The number of likely N-dealkylation sites (N-methyl/N-ethyl adjacent to an activating group) is 1. The second-order valence-electron chi connectivity index (χ2n) is 5.09. The molecule has 0 N–H and O–H groups in total. The van der Waals surface area contributed by atoms with Gasteiger partial charge in [0.25, 0.3) is 17.3 Å². The number of hydroxylamine groups is 2. The van der Waals surface area contributed by atoms with Gasteiger partial charge in [0.1, 0.15) is 6.04 Å². The highest BCUT2D eigenvalue weighted by atomic mass is 32.1. The standard InChI is InChI=1S/C13H13F3N4O6S/c1-7(12(21)17(3)26-8(2)27)18(13(14,15)16)11-9(19(22)23)5-4-6-10(11)20(24)25/h4-7H,1-3H3. The number of carbonyl (C=O) groups is 1. The number of nitro groups is 2. The fourth-order valence-electron chi connectivity index (χ4n) is 2.21. The topological polar surface area (TPSA) is 119 Å². The van der Waals surface area contributed by atoms with Gasteiger partial charge in [-0.1, -0.05) is 0 Å². The van der Waals surface area contributed by atoms with E-state index in [4.69, 9.17) is 4.84 Å². The Bertz CT molecular complexity index is 756. The Balaban J connectivity index is 3.63. The third kappa shape index (κ3) is 4.99. The molecule has 0 saturated heterocycles. The third-order valence-electron chi connectivity index (χ3n) is 3.22. The number of nitrogens with zero attached hydrogens (tertiary/aromatic N) is 4. The van der Waals surface area contributed by atoms with Crippen molar-refractivity contribution in [1.29, 1.82) is 0 Å². The van der Waals surface area contributed by atoms with Gasteiger partial charge in [-0.2, -0.15) is 18.2 Å². The smallest absolute Gasteiger partial charge is 0.370 e. The van der Waals surface area contributed by atoms with Gasteiger partial charge in [0.2, 0.25) is 5.69 Å². The SMILES string of the molecule is CC(=S)ON(C)C(=O)C(C)N(c1c([N+](=O)[O-])cccc1[N+](=O)[O-])C(F)(F)F. The Morgan fingerprint density at radius 1 is 1.22 bits per heavy atom. The molecule has 0 spiro atoms. The number of para-hydroxylation sites is 1. The zero-order valence-electron chi connectivity index (χ0n) is 14.1. The van der Waals surface area contributed by atoms with E-state index in [2.05, 4.69) is 12.2 Å². The molecule has 1 rings (SSSR count). The third-order valence-corrected chi connectivity index (χ3v) is 3.30. The summed E-state index contributed by atoms with van der Waals surface area (Å²) in [5.74, 6) is -1.29. The number of alkyl halides is 3. The van der Waals surface area contributed by atoms with Crippen molar-refractivity contribution >= 4 is 40.2 Å². The van der Waals surface area contributed by atoms with Gasteiger partial charge in [0.15, 0.2) is 5.05 Å². The van der Waals surface area contributed by atoms with Gasteiger partial charge in [-0.15, -0.1) is 0 Å². The number of hydrogen-bond acceptors (Lipinski definition) is 8. The lowest BCUT2D eigenvalue weighted by molar-refractivity contribution is -0.393. The van der Waals surface area contributed by atoms with Crippen LogP contribution in [0.3, 0.4) is 0 Å². The predicted molar refractivity (Wildman–Crippen MR) is 89.9 cm³/mol. The lowest BCUT2D eigenvalue weighted by Crippen LogP contribution is -2.52. The summed E-state index contributed by atoms with van der Waals surface area (Å²) in [6.45, 7) is 2.03. The molecule has 0 aliphatic rings. The summed E-state index contributed by atoms with van der Waals surface area (Å²) < 4.78 is 41.0. The van der Waals surface area contributed by atoms with E-state index in [1.54, 1.807) is 0 Å². The van der Waals surface area contributed by atoms with E-state index in [0.29, 0.717) is 17.2 Å². The van der Waals surface area contributed by atoms with Crippen molar-refractivity contribution < 1.29 is 32.6 Å². The van der Waals surface area contributed by atoms with E-state index < -0.39 is 50.1 Å². The van der Waals surface area contributed by atoms with Crippen LogP contribution in [0.4, 0.5) is 30.2 Å². The molecule has 1 aromatic rings. The first-order valence-electron chi connectivity index (χ1n) is 7.03. The molecule has 0 radical (unpaired) electrons. The molecule has 1 atom stereocenters. The maximum atomic E-state index is 13.7. The van der Waals surface area contributed by atoms with Gasteiger partial charge in [0.05, 0.1) is 9.85 Å². The van der Waals surface area contributed by atoms with Crippen LogP contribution in [0.25, 0.3) is 0 Å². The Kier molecular flexibility index (Phi) is 6.61. The van der Waals surface area contributed by atoms with Crippen LogP contribution < -0.4 is 4.90 Å². The molecule has 10 nitrogen and oxygen atoms in total. The van der Waals surface area contributed by atoms with E-state index in [9.17, 15) is 38.2 Å². The summed E-state index contributed by atoms with van der Waals surface area (Å²) in [7, 11) is 0.983. The summed E-state index contributed by atoms with van der Waals surface area (Å²) >= 11 is 4.59. The molecule has 148 valence electrons. The number of nitro benzene ring substituents is 2. The van der Waals surface area contributed by atoms with Crippen LogP contribution in [0.15, 0.2) is 18.2 Å². The van der Waals surface area contributed by atoms with E-state index in [0.717, 1.165) is 20.0 Å². The predicted octanol–water partition coefficient (Wildman–Crippen LogP) is 2.96. The maximum Gasteiger partial charge on any atom is 0.486 e. The van der Waals surface area contributed by atoms with Gasteiger partial charge in [-0.05, 0) is 25.2 Å². The molecule has 1 amide bonds. The molecule has 0 fully saturated rings. The average Bonchev–Trinajstić information content (AvgIpc) is 2.51. The molecule has 0 heterocycles. The fourth-order valence-corrected chi connectivity index (χ4v) is 2.32. The van der Waals surface area contributed by atoms with Crippen LogP contribution in [0, 0.1) is 20.2 Å². The Morgan fingerprint density at radius 3 is 2.00 bits per heavy atom. The highest BCUT2D eigenvalue weighted by Crippen LogP contribution is 2.43. The molecule has 0 aromatic heterocycles. The van der Waals surface area contributed by atoms with Crippen LogP contribution in [-0.4, -0.2) is 45.3 Å². The molecule has 14 heteroatoms. The van der Waals surface area contributed by atoms with Crippen LogP contribution in [0.5, 0.6) is 0 Å². The van der Waals surface area contributed by atoms with Crippen molar-refractivity contribution in [2.24, 2.45) is 0 Å². The summed E-state index contributed by atoms with van der Waals surface area (Å²) in [6.07, 6.45) is -5.36. The molecule has 0 aliphatic heterocycles. The van der Waals surface area contributed by atoms with Gasteiger partial charge >= 0.3 is 6.30 Å². The zero-order chi connectivity index (χ0) is 21.1. The number of halogens is 3. The largest absolute Gasteiger partial charge is 0.486 e. The van der Waals surface area contributed by atoms with Crippen molar-refractivity contribution in [3.05, 3.63) is 38.4 Å². The number of amides is 1. The van der Waals surface area contributed by atoms with Crippen molar-refractivity contribution in [1.82, 2.24) is 5.06 Å². The lowest BCUT2D eigenvalue weighted by Gasteiger charge is -2.32. The summed E-state index contributed by atoms with van der Waals surface area (Å²) in [4.78, 5) is 36.2. The first-order valence-corrected chi connectivity index (χ1v) is 7.43. The summed E-state index contributed by atoms with van der Waals surface area (Å²) in [5, 5.41) is 22.5. The van der Waals surface area contributed by atoms with Crippen molar-refractivity contribution in [3.8, 4) is 0 Å². The molecule has 0 bridgehead atoms. The number of anilines is 1. The van der Waals surface area contributed by atoms with Crippen LogP contribution in [-0.2, 0) is 9.63 Å². The molecule has 1 aromatic carbocycles. The number of thiocarbonyl (C=S) groups is 1. The second kappa shape index (κ2) is 8.11. The normalized spacial score (nSPS) is 12.1. The van der Waals surface area contributed by atoms with E-state index >= 15 is 0 Å². The first kappa shape index (κ1) is 22.0. The minimum atomic E-state index is -5.36. The Morgan fingerprint density at radius 2 is 1.67 bits per heavy atom. The number of benzene rings is 1. The summed E-state index contributed by atoms with van der Waals surface area (Å²) in [5.41, 5.74) is -3.74. The van der Waals surface area contributed by atoms with Crippen LogP contribution in [0.1, 0.15) is 13.8 Å². The first-order chi connectivity index (χ1) is 12.3. The van der Waals surface area contributed by atoms with Crippen molar-refractivity contribution in [2.45, 2.75) is 26.2 Å². The Hall–Kier alpha value is -3.03. The van der Waals surface area contributed by atoms with Crippen LogP contribution in [0.2, 0.25) is 0 Å². The Labute approximate surface area is 155 Å². The quantitative estimate of drug-likeness (QED) is 0.315. The fraction of sp³-hybridized carbons (Fsp3) is 0.385. The lowest BCUT2D eigenvalue weighted by atomic mass is 10.1. The molecular formula is C13H13F3N4O6S. The molecule has 27 heavy (non-hydrogen) atoms. The van der Waals surface area contributed by atoms with Gasteiger partial charge < -0.3 is 4.84 Å². The molecule has 0 aliphatic carbocycles. The maximum absolute atomic E-state index is 13.7. The van der Waals surface area contributed by atoms with E-state index in [-0.39, 0.29) is 5.05 Å². The number of carbonyl (C=O) groups excluding carboxylic acids is 1. The molecule has 0 saturated carbocycles. The minimum Gasteiger partial charge on any atom is -0.370 e. The monoisotopic (exact) mass is 410 g/mol. The van der Waals surface area contributed by atoms with E-state index in [1.807, 2.05) is 0 Å².